The standard InChI is InChI=1S/C7H13NO4S/c1-8(2)6(9)5-13(12)4-3-7(10)11/h3-5H2,1-2H3,(H,10,11). The summed E-state index contributed by atoms with van der Waals surface area (Å²) in [6.45, 7) is 0. The van der Waals surface area contributed by atoms with E-state index in [1.54, 1.807) is 14.1 Å². The minimum atomic E-state index is -1.36. The van der Waals surface area contributed by atoms with Crippen LogP contribution in [-0.4, -0.2) is 51.7 Å². The number of carboxylic acid groups (broad SMARTS) is 1. The van der Waals surface area contributed by atoms with Gasteiger partial charge in [0.05, 0.1) is 6.42 Å². The minimum absolute atomic E-state index is 0.0366. The lowest BCUT2D eigenvalue weighted by Crippen LogP contribution is -2.28. The van der Waals surface area contributed by atoms with E-state index in [0.29, 0.717) is 0 Å². The van der Waals surface area contributed by atoms with Crippen molar-refractivity contribution in [2.75, 3.05) is 25.6 Å². The first kappa shape index (κ1) is 12.1. The van der Waals surface area contributed by atoms with E-state index < -0.39 is 16.8 Å². The molecule has 1 amide bonds. The van der Waals surface area contributed by atoms with Crippen LogP contribution in [0.3, 0.4) is 0 Å². The Balaban J connectivity index is 3.75. The van der Waals surface area contributed by atoms with Gasteiger partial charge in [-0.2, -0.15) is 0 Å². The topological polar surface area (TPSA) is 74.7 Å². The Bertz CT molecular complexity index is 227. The molecular weight excluding hydrogens is 194 g/mol. The average molecular weight is 207 g/mol. The van der Waals surface area contributed by atoms with Crippen LogP contribution in [0.1, 0.15) is 6.42 Å². The van der Waals surface area contributed by atoms with Crippen LogP contribution in [0, 0.1) is 0 Å². The monoisotopic (exact) mass is 207 g/mol. The zero-order valence-electron chi connectivity index (χ0n) is 7.65. The van der Waals surface area contributed by atoms with Gasteiger partial charge in [-0.1, -0.05) is 0 Å². The van der Waals surface area contributed by atoms with Crippen LogP contribution >= 0.6 is 0 Å². The van der Waals surface area contributed by atoms with E-state index in [-0.39, 0.29) is 23.8 Å². The van der Waals surface area contributed by atoms with E-state index >= 15 is 0 Å². The van der Waals surface area contributed by atoms with Gasteiger partial charge < -0.3 is 10.0 Å². The van der Waals surface area contributed by atoms with Crippen LogP contribution in [0.25, 0.3) is 0 Å². The molecule has 13 heavy (non-hydrogen) atoms. The summed E-state index contributed by atoms with van der Waals surface area (Å²) in [5, 5.41) is 8.28. The number of amides is 1. The van der Waals surface area contributed by atoms with Crippen molar-refractivity contribution in [1.82, 2.24) is 4.90 Å². The number of aliphatic carboxylic acids is 1. The fourth-order valence-corrected chi connectivity index (χ4v) is 1.62. The number of hydrogen-bond acceptors (Lipinski definition) is 3. The number of carbonyl (C=O) groups excluding carboxylic acids is 1. The van der Waals surface area contributed by atoms with Crippen LogP contribution in [0.5, 0.6) is 0 Å². The third-order valence-electron chi connectivity index (χ3n) is 1.33. The first-order valence-corrected chi connectivity index (χ1v) is 5.19. The molecule has 0 heterocycles. The Morgan fingerprint density at radius 3 is 2.31 bits per heavy atom. The maximum absolute atomic E-state index is 11.1. The van der Waals surface area contributed by atoms with Gasteiger partial charge in [-0.05, 0) is 0 Å². The summed E-state index contributed by atoms with van der Waals surface area (Å²) in [6, 6.07) is 0. The molecular formula is C7H13NO4S. The highest BCUT2D eigenvalue weighted by atomic mass is 32.2. The van der Waals surface area contributed by atoms with E-state index in [0.717, 1.165) is 0 Å². The quantitative estimate of drug-likeness (QED) is 0.646. The number of carbonyl (C=O) groups is 2. The van der Waals surface area contributed by atoms with Crippen molar-refractivity contribution in [2.45, 2.75) is 6.42 Å². The van der Waals surface area contributed by atoms with Crippen molar-refractivity contribution < 1.29 is 18.9 Å². The highest BCUT2D eigenvalue weighted by Crippen LogP contribution is 1.90. The molecule has 0 aromatic rings. The molecule has 1 atom stereocenters. The first-order valence-electron chi connectivity index (χ1n) is 3.70. The molecule has 0 aliphatic heterocycles. The van der Waals surface area contributed by atoms with E-state index in [1.165, 1.54) is 4.90 Å². The zero-order chi connectivity index (χ0) is 10.4. The molecule has 5 nitrogen and oxygen atoms in total. The van der Waals surface area contributed by atoms with Gasteiger partial charge in [0.2, 0.25) is 5.91 Å². The largest absolute Gasteiger partial charge is 0.481 e. The van der Waals surface area contributed by atoms with E-state index in [1.807, 2.05) is 0 Å². The van der Waals surface area contributed by atoms with Gasteiger partial charge in [0, 0.05) is 30.6 Å². The Morgan fingerprint density at radius 2 is 1.92 bits per heavy atom. The maximum atomic E-state index is 11.1. The van der Waals surface area contributed by atoms with Crippen molar-refractivity contribution in [3.05, 3.63) is 0 Å². The first-order chi connectivity index (χ1) is 5.93. The van der Waals surface area contributed by atoms with Gasteiger partial charge in [0.1, 0.15) is 5.75 Å². The Kier molecular flexibility index (Phi) is 5.29. The van der Waals surface area contributed by atoms with E-state index in [9.17, 15) is 13.8 Å². The lowest BCUT2D eigenvalue weighted by atomic mass is 10.5. The molecule has 0 radical (unpaired) electrons. The van der Waals surface area contributed by atoms with Crippen molar-refractivity contribution in [3.63, 3.8) is 0 Å². The summed E-state index contributed by atoms with van der Waals surface area (Å²) < 4.78 is 11.1. The second-order valence-electron chi connectivity index (χ2n) is 2.72. The summed E-state index contributed by atoms with van der Waals surface area (Å²) in [7, 11) is 1.77. The number of rotatable bonds is 5. The van der Waals surface area contributed by atoms with Crippen molar-refractivity contribution in [1.29, 1.82) is 0 Å². The third-order valence-corrected chi connectivity index (χ3v) is 2.56. The van der Waals surface area contributed by atoms with Crippen molar-refractivity contribution in [2.24, 2.45) is 0 Å². The molecule has 0 aromatic carbocycles. The summed E-state index contributed by atoms with van der Waals surface area (Å²) in [4.78, 5) is 22.4. The Morgan fingerprint density at radius 1 is 1.38 bits per heavy atom. The summed E-state index contributed by atoms with van der Waals surface area (Å²) >= 11 is 0. The van der Waals surface area contributed by atoms with Crippen LogP contribution in [0.15, 0.2) is 0 Å². The minimum Gasteiger partial charge on any atom is -0.481 e. The highest BCUT2D eigenvalue weighted by molar-refractivity contribution is 7.85. The molecule has 0 aliphatic rings. The maximum Gasteiger partial charge on any atom is 0.304 e. The Hall–Kier alpha value is -0.910. The normalized spacial score (nSPS) is 12.2. The average Bonchev–Trinajstić information content (AvgIpc) is 2.00. The smallest absolute Gasteiger partial charge is 0.304 e. The molecule has 76 valence electrons. The zero-order valence-corrected chi connectivity index (χ0v) is 8.47. The molecule has 6 heteroatoms. The van der Waals surface area contributed by atoms with E-state index in [4.69, 9.17) is 5.11 Å². The molecule has 0 saturated carbocycles. The molecule has 0 saturated heterocycles. The lowest BCUT2D eigenvalue weighted by Gasteiger charge is -2.08. The molecule has 0 aliphatic carbocycles. The summed E-state index contributed by atoms with van der Waals surface area (Å²) in [6.07, 6.45) is -0.159. The SMILES string of the molecule is CN(C)C(=O)CS(=O)CCC(=O)O. The van der Waals surface area contributed by atoms with Crippen LogP contribution in [0.2, 0.25) is 0 Å². The number of carboxylic acids is 1. The highest BCUT2D eigenvalue weighted by Gasteiger charge is 2.10. The molecule has 0 spiro atoms. The molecule has 1 N–H and O–H groups in total. The van der Waals surface area contributed by atoms with Gasteiger partial charge in [-0.3, -0.25) is 13.8 Å². The van der Waals surface area contributed by atoms with Crippen LogP contribution < -0.4 is 0 Å². The van der Waals surface area contributed by atoms with Gasteiger partial charge in [-0.25, -0.2) is 0 Å². The molecule has 0 bridgehead atoms. The van der Waals surface area contributed by atoms with E-state index in [2.05, 4.69) is 0 Å². The van der Waals surface area contributed by atoms with Gasteiger partial charge in [0.15, 0.2) is 0 Å². The van der Waals surface area contributed by atoms with Crippen molar-refractivity contribution >= 4 is 22.7 Å². The van der Waals surface area contributed by atoms with Gasteiger partial charge in [-0.15, -0.1) is 0 Å². The number of nitrogens with zero attached hydrogens (tertiary/aromatic N) is 1. The second kappa shape index (κ2) is 5.69. The van der Waals surface area contributed by atoms with Gasteiger partial charge >= 0.3 is 5.97 Å². The molecule has 0 fully saturated rings. The molecule has 0 rings (SSSR count). The van der Waals surface area contributed by atoms with Crippen LogP contribution in [-0.2, 0) is 20.4 Å². The predicted molar refractivity (Wildman–Crippen MR) is 48.8 cm³/mol. The summed E-state index contributed by atoms with van der Waals surface area (Å²) in [5.74, 6) is -1.30. The number of hydrogen-bond donors (Lipinski definition) is 1. The lowest BCUT2D eigenvalue weighted by molar-refractivity contribution is -0.136. The third kappa shape index (κ3) is 6.27. The van der Waals surface area contributed by atoms with Gasteiger partial charge in [0.25, 0.3) is 0 Å². The predicted octanol–water partition coefficient (Wildman–Crippen LogP) is -0.702. The Labute approximate surface area is 79.2 Å². The van der Waals surface area contributed by atoms with Crippen LogP contribution in [0.4, 0.5) is 0 Å². The van der Waals surface area contributed by atoms with Crippen molar-refractivity contribution in [3.8, 4) is 0 Å². The summed E-state index contributed by atoms with van der Waals surface area (Å²) in [5.41, 5.74) is 0. The molecule has 1 unspecified atom stereocenters. The molecule has 0 aromatic heterocycles. The fourth-order valence-electron chi connectivity index (χ4n) is 0.540. The fraction of sp³-hybridized carbons (Fsp3) is 0.714. The second-order valence-corrected chi connectivity index (χ2v) is 4.30.